The average molecular weight is 502 g/mol. The van der Waals surface area contributed by atoms with E-state index in [1.165, 1.54) is 11.8 Å². The predicted octanol–water partition coefficient (Wildman–Crippen LogP) is 6.13. The molecule has 146 valence electrons. The molecule has 0 N–H and O–H groups in total. The number of halogens is 3. The van der Waals surface area contributed by atoms with Gasteiger partial charge in [-0.25, -0.2) is 0 Å². The molecule has 0 spiro atoms. The number of benzene rings is 2. The average Bonchev–Trinajstić information content (AvgIpc) is 3.13. The second-order valence-electron chi connectivity index (χ2n) is 5.71. The summed E-state index contributed by atoms with van der Waals surface area (Å²) in [7, 11) is 0. The van der Waals surface area contributed by atoms with E-state index in [-0.39, 0.29) is 11.5 Å². The van der Waals surface area contributed by atoms with Gasteiger partial charge in [-0.1, -0.05) is 63.0 Å². The lowest BCUT2D eigenvalue weighted by molar-refractivity contribution is 0.102. The second kappa shape index (κ2) is 10.3. The summed E-state index contributed by atoms with van der Waals surface area (Å²) in [5.74, 6) is 1.33. The molecule has 3 aromatic rings. The van der Waals surface area contributed by atoms with Crippen LogP contribution in [0.5, 0.6) is 5.75 Å². The number of aryl methyl sites for hydroxylation is 1. The Morgan fingerprint density at radius 1 is 1.14 bits per heavy atom. The summed E-state index contributed by atoms with van der Waals surface area (Å²) in [6.07, 6.45) is 1.25. The van der Waals surface area contributed by atoms with Gasteiger partial charge in [-0.15, -0.1) is 10.2 Å². The number of rotatable bonds is 9. The molecule has 0 aliphatic rings. The summed E-state index contributed by atoms with van der Waals surface area (Å²) in [4.78, 5) is 12.2. The molecule has 5 nitrogen and oxygen atoms in total. The fraction of sp³-hybridized carbons (Fsp3) is 0.211. The Hall–Kier alpha value is -1.54. The smallest absolute Gasteiger partial charge is 0.277 e. The number of carbonyl (C=O) groups is 1. The van der Waals surface area contributed by atoms with Crippen LogP contribution in [-0.2, 0) is 6.42 Å². The van der Waals surface area contributed by atoms with E-state index >= 15 is 0 Å². The van der Waals surface area contributed by atoms with Gasteiger partial charge in [0.1, 0.15) is 5.75 Å². The van der Waals surface area contributed by atoms with Gasteiger partial charge in [0.15, 0.2) is 5.78 Å². The number of thioether (sulfide) groups is 1. The lowest BCUT2D eigenvalue weighted by Gasteiger charge is -2.07. The summed E-state index contributed by atoms with van der Waals surface area (Å²) >= 11 is 16.5. The summed E-state index contributed by atoms with van der Waals surface area (Å²) in [6, 6.07) is 12.3. The van der Waals surface area contributed by atoms with Gasteiger partial charge in [-0.2, -0.15) is 0 Å². The third kappa shape index (κ3) is 6.24. The number of ketones is 1. The summed E-state index contributed by atoms with van der Waals surface area (Å²) in [5, 5.41) is 9.38. The monoisotopic (exact) mass is 500 g/mol. The van der Waals surface area contributed by atoms with Gasteiger partial charge in [0.2, 0.25) is 5.89 Å². The van der Waals surface area contributed by atoms with Crippen LogP contribution in [0.15, 0.2) is 56.6 Å². The van der Waals surface area contributed by atoms with Crippen LogP contribution >= 0.6 is 50.9 Å². The van der Waals surface area contributed by atoms with Crippen LogP contribution < -0.4 is 4.74 Å². The molecule has 0 aliphatic carbocycles. The van der Waals surface area contributed by atoms with E-state index in [1.54, 1.807) is 30.3 Å². The first-order chi connectivity index (χ1) is 13.5. The Morgan fingerprint density at radius 3 is 2.68 bits per heavy atom. The molecule has 0 atom stereocenters. The lowest BCUT2D eigenvalue weighted by Crippen LogP contribution is -2.01. The first-order valence-electron chi connectivity index (χ1n) is 8.33. The molecule has 0 fully saturated rings. The fourth-order valence-electron chi connectivity index (χ4n) is 2.24. The second-order valence-corrected chi connectivity index (χ2v) is 8.39. The number of carbonyl (C=O) groups excluding carboxylic acids is 1. The summed E-state index contributed by atoms with van der Waals surface area (Å²) in [5.41, 5.74) is 0.647. The zero-order valence-electron chi connectivity index (χ0n) is 14.5. The quantitative estimate of drug-likeness (QED) is 0.200. The minimum atomic E-state index is 0.00509. The van der Waals surface area contributed by atoms with Crippen molar-refractivity contribution in [2.24, 2.45) is 0 Å². The third-order valence-corrected chi connectivity index (χ3v) is 5.51. The van der Waals surface area contributed by atoms with Crippen LogP contribution in [0.1, 0.15) is 22.7 Å². The van der Waals surface area contributed by atoms with Gasteiger partial charge in [0, 0.05) is 21.5 Å². The molecule has 0 aliphatic heterocycles. The van der Waals surface area contributed by atoms with Crippen molar-refractivity contribution in [1.82, 2.24) is 10.2 Å². The van der Waals surface area contributed by atoms with Crippen molar-refractivity contribution in [3.63, 3.8) is 0 Å². The van der Waals surface area contributed by atoms with Crippen LogP contribution in [0.4, 0.5) is 0 Å². The maximum atomic E-state index is 12.2. The Labute approximate surface area is 184 Å². The number of nitrogens with zero attached hydrogens (tertiary/aromatic N) is 2. The van der Waals surface area contributed by atoms with Crippen molar-refractivity contribution in [3.8, 4) is 5.75 Å². The van der Waals surface area contributed by atoms with E-state index in [9.17, 15) is 4.79 Å². The maximum absolute atomic E-state index is 12.2. The van der Waals surface area contributed by atoms with Crippen LogP contribution in [0, 0.1) is 0 Å². The minimum Gasteiger partial charge on any atom is -0.492 e. The Morgan fingerprint density at radius 2 is 1.93 bits per heavy atom. The molecule has 1 aromatic heterocycles. The largest absolute Gasteiger partial charge is 0.492 e. The van der Waals surface area contributed by atoms with Crippen molar-refractivity contribution in [3.05, 3.63) is 68.4 Å². The molecule has 1 heterocycles. The summed E-state index contributed by atoms with van der Waals surface area (Å²) < 4.78 is 12.1. The first-order valence-corrected chi connectivity index (χ1v) is 10.9. The number of hydrogen-bond acceptors (Lipinski definition) is 6. The van der Waals surface area contributed by atoms with Gasteiger partial charge in [-0.05, 0) is 36.8 Å². The van der Waals surface area contributed by atoms with Gasteiger partial charge in [0.05, 0.1) is 17.4 Å². The van der Waals surface area contributed by atoms with Gasteiger partial charge >= 0.3 is 0 Å². The standard InChI is InChI=1S/C19H15BrCl2N2O3S/c20-13-5-3-12(4-6-13)16(25)11-28-19-24-23-18(27-19)2-1-9-26-17-8-7-14(21)10-15(17)22/h3-8,10H,1-2,9,11H2. The number of Topliss-reactive ketones (excluding diaryl/α,β-unsaturated/α-hetero) is 1. The number of ether oxygens (including phenoxy) is 1. The molecule has 9 heteroatoms. The fourth-order valence-corrected chi connectivity index (χ4v) is 3.64. The number of hydrogen-bond donors (Lipinski definition) is 0. The molecule has 28 heavy (non-hydrogen) atoms. The normalized spacial score (nSPS) is 10.8. The van der Waals surface area contributed by atoms with E-state index in [0.717, 1.165) is 4.47 Å². The summed E-state index contributed by atoms with van der Waals surface area (Å²) in [6.45, 7) is 0.453. The van der Waals surface area contributed by atoms with E-state index in [0.29, 0.717) is 51.9 Å². The molecule has 0 bridgehead atoms. The van der Waals surface area contributed by atoms with E-state index in [2.05, 4.69) is 26.1 Å². The number of aromatic nitrogens is 2. The highest BCUT2D eigenvalue weighted by Gasteiger charge is 2.11. The van der Waals surface area contributed by atoms with Gasteiger partial charge < -0.3 is 9.15 Å². The van der Waals surface area contributed by atoms with Crippen molar-refractivity contribution in [1.29, 1.82) is 0 Å². The molecule has 0 amide bonds. The molecular formula is C19H15BrCl2N2O3S. The van der Waals surface area contributed by atoms with E-state index in [4.69, 9.17) is 32.4 Å². The molecule has 3 rings (SSSR count). The van der Waals surface area contributed by atoms with Crippen LogP contribution in [0.25, 0.3) is 0 Å². The van der Waals surface area contributed by atoms with Crippen molar-refractivity contribution >= 4 is 56.7 Å². The van der Waals surface area contributed by atoms with Crippen LogP contribution in [0.3, 0.4) is 0 Å². The van der Waals surface area contributed by atoms with Gasteiger partial charge in [0.25, 0.3) is 5.22 Å². The molecule has 0 saturated heterocycles. The molecule has 0 unspecified atom stereocenters. The van der Waals surface area contributed by atoms with E-state index < -0.39 is 0 Å². The zero-order valence-corrected chi connectivity index (χ0v) is 18.4. The molecule has 0 radical (unpaired) electrons. The predicted molar refractivity (Wildman–Crippen MR) is 114 cm³/mol. The zero-order chi connectivity index (χ0) is 19.9. The topological polar surface area (TPSA) is 65.2 Å². The molecule has 0 saturated carbocycles. The van der Waals surface area contributed by atoms with Crippen molar-refractivity contribution in [2.75, 3.05) is 12.4 Å². The van der Waals surface area contributed by atoms with E-state index in [1.807, 2.05) is 12.1 Å². The Bertz CT molecular complexity index is 951. The first kappa shape index (κ1) is 21.2. The van der Waals surface area contributed by atoms with Gasteiger partial charge in [-0.3, -0.25) is 4.79 Å². The highest BCUT2D eigenvalue weighted by Crippen LogP contribution is 2.27. The third-order valence-electron chi connectivity index (χ3n) is 3.63. The highest BCUT2D eigenvalue weighted by atomic mass is 79.9. The lowest BCUT2D eigenvalue weighted by atomic mass is 10.2. The van der Waals surface area contributed by atoms with Crippen LogP contribution in [0.2, 0.25) is 10.0 Å². The molecule has 2 aromatic carbocycles. The van der Waals surface area contributed by atoms with Crippen molar-refractivity contribution in [2.45, 2.75) is 18.1 Å². The maximum Gasteiger partial charge on any atom is 0.277 e. The minimum absolute atomic E-state index is 0.00509. The van der Waals surface area contributed by atoms with Crippen molar-refractivity contribution < 1.29 is 13.9 Å². The highest BCUT2D eigenvalue weighted by molar-refractivity contribution is 9.10. The van der Waals surface area contributed by atoms with Crippen LogP contribution in [-0.4, -0.2) is 28.3 Å². The molecular weight excluding hydrogens is 487 g/mol. The Kier molecular flexibility index (Phi) is 7.79. The SMILES string of the molecule is O=C(CSc1nnc(CCCOc2ccc(Cl)cc2Cl)o1)c1ccc(Br)cc1. The Balaban J connectivity index is 1.41.